The summed E-state index contributed by atoms with van der Waals surface area (Å²) in [6, 6.07) is 9.58. The minimum Gasteiger partial charge on any atom is -0.492 e. The summed E-state index contributed by atoms with van der Waals surface area (Å²) in [5.41, 5.74) is 4.60. The Hall–Kier alpha value is -3.80. The van der Waals surface area contributed by atoms with Crippen molar-refractivity contribution >= 4 is 39.5 Å². The molecular weight excluding hydrogens is 526 g/mol. The predicted molar refractivity (Wildman–Crippen MR) is 156 cm³/mol. The number of hydrogen-bond donors (Lipinski definition) is 1. The molecule has 0 aliphatic carbocycles. The molecule has 0 radical (unpaired) electrons. The molecule has 1 aromatic carbocycles. The molecule has 4 aromatic heterocycles. The lowest BCUT2D eigenvalue weighted by molar-refractivity contribution is 0.0322. The molecule has 0 saturated carbocycles. The third kappa shape index (κ3) is 5.45. The molecule has 0 spiro atoms. The van der Waals surface area contributed by atoms with E-state index in [1.807, 2.05) is 48.1 Å². The maximum absolute atomic E-state index is 13.4. The van der Waals surface area contributed by atoms with E-state index >= 15 is 0 Å². The lowest BCUT2D eigenvalue weighted by Gasteiger charge is -2.26. The Bertz CT molecular complexity index is 1650. The average molecular weight is 560 g/mol. The SMILES string of the molecule is Cc1nn(Cc2csc(C(C)C)n2)c2cccc(NC(=O)c3cnc4cc(OCCN5CCOCC5)ccn34)c12. The van der Waals surface area contributed by atoms with Crippen LogP contribution in [-0.2, 0) is 11.3 Å². The van der Waals surface area contributed by atoms with E-state index < -0.39 is 0 Å². The van der Waals surface area contributed by atoms with Gasteiger partial charge in [0.1, 0.15) is 23.7 Å². The van der Waals surface area contributed by atoms with E-state index in [4.69, 9.17) is 19.6 Å². The van der Waals surface area contributed by atoms with Crippen LogP contribution in [0.5, 0.6) is 5.75 Å². The van der Waals surface area contributed by atoms with Gasteiger partial charge in [0.05, 0.1) is 53.6 Å². The van der Waals surface area contributed by atoms with Crippen molar-refractivity contribution in [2.24, 2.45) is 0 Å². The topological polar surface area (TPSA) is 98.8 Å². The zero-order valence-corrected chi connectivity index (χ0v) is 23.8. The second kappa shape index (κ2) is 11.4. The number of morpholine rings is 1. The van der Waals surface area contributed by atoms with Gasteiger partial charge in [-0.15, -0.1) is 11.3 Å². The number of anilines is 1. The van der Waals surface area contributed by atoms with Crippen molar-refractivity contribution < 1.29 is 14.3 Å². The smallest absolute Gasteiger partial charge is 0.274 e. The van der Waals surface area contributed by atoms with E-state index in [9.17, 15) is 4.79 Å². The van der Waals surface area contributed by atoms with E-state index in [1.54, 1.807) is 21.9 Å². The Kier molecular flexibility index (Phi) is 7.50. The molecule has 1 amide bonds. The van der Waals surface area contributed by atoms with Crippen LogP contribution in [0.2, 0.25) is 0 Å². The maximum atomic E-state index is 13.4. The van der Waals surface area contributed by atoms with E-state index in [2.05, 4.69) is 34.4 Å². The summed E-state index contributed by atoms with van der Waals surface area (Å²) in [5, 5.41) is 12.0. The minimum atomic E-state index is -0.241. The molecule has 1 saturated heterocycles. The minimum absolute atomic E-state index is 0.241. The van der Waals surface area contributed by atoms with Crippen molar-refractivity contribution in [1.29, 1.82) is 0 Å². The second-order valence-electron chi connectivity index (χ2n) is 10.3. The lowest BCUT2D eigenvalue weighted by Crippen LogP contribution is -2.38. The molecule has 1 N–H and O–H groups in total. The van der Waals surface area contributed by atoms with Crippen LogP contribution < -0.4 is 10.1 Å². The van der Waals surface area contributed by atoms with Crippen molar-refractivity contribution in [1.82, 2.24) is 29.0 Å². The highest BCUT2D eigenvalue weighted by Crippen LogP contribution is 2.28. The lowest BCUT2D eigenvalue weighted by atomic mass is 10.1. The van der Waals surface area contributed by atoms with Gasteiger partial charge in [-0.05, 0) is 25.1 Å². The number of nitrogens with zero attached hydrogens (tertiary/aromatic N) is 6. The van der Waals surface area contributed by atoms with E-state index in [0.717, 1.165) is 65.9 Å². The summed E-state index contributed by atoms with van der Waals surface area (Å²) in [6.07, 6.45) is 3.41. The van der Waals surface area contributed by atoms with E-state index in [0.29, 0.717) is 36.1 Å². The van der Waals surface area contributed by atoms with Gasteiger partial charge in [0.2, 0.25) is 0 Å². The Morgan fingerprint density at radius 2 is 2.08 bits per heavy atom. The number of ether oxygens (including phenoxy) is 2. The van der Waals surface area contributed by atoms with Crippen molar-refractivity contribution in [3.8, 4) is 5.75 Å². The highest BCUT2D eigenvalue weighted by molar-refractivity contribution is 7.09. The fourth-order valence-corrected chi connectivity index (χ4v) is 5.81. The molecule has 40 heavy (non-hydrogen) atoms. The maximum Gasteiger partial charge on any atom is 0.274 e. The van der Waals surface area contributed by atoms with Crippen molar-refractivity contribution in [3.05, 3.63) is 70.2 Å². The molecule has 208 valence electrons. The van der Waals surface area contributed by atoms with Crippen LogP contribution in [0, 0.1) is 6.92 Å². The number of hydrogen-bond acceptors (Lipinski definition) is 8. The number of aromatic nitrogens is 5. The number of amides is 1. The van der Waals surface area contributed by atoms with Crippen molar-refractivity contribution in [3.63, 3.8) is 0 Å². The molecule has 11 heteroatoms. The number of benzene rings is 1. The van der Waals surface area contributed by atoms with Gasteiger partial charge in [-0.1, -0.05) is 19.9 Å². The van der Waals surface area contributed by atoms with Crippen LogP contribution in [0.1, 0.15) is 46.6 Å². The first kappa shape index (κ1) is 26.4. The Morgan fingerprint density at radius 3 is 2.88 bits per heavy atom. The first-order valence-electron chi connectivity index (χ1n) is 13.6. The largest absolute Gasteiger partial charge is 0.492 e. The Morgan fingerprint density at radius 1 is 1.23 bits per heavy atom. The van der Waals surface area contributed by atoms with Gasteiger partial charge in [0.15, 0.2) is 0 Å². The van der Waals surface area contributed by atoms with Crippen molar-refractivity contribution in [2.45, 2.75) is 33.2 Å². The number of nitrogens with one attached hydrogen (secondary N) is 1. The summed E-state index contributed by atoms with van der Waals surface area (Å²) in [6.45, 7) is 11.7. The van der Waals surface area contributed by atoms with Gasteiger partial charge in [0.25, 0.3) is 5.91 Å². The van der Waals surface area contributed by atoms with Crippen LogP contribution >= 0.6 is 11.3 Å². The fraction of sp³-hybridized carbons (Fsp3) is 0.379. The molecule has 10 nitrogen and oxygen atoms in total. The van der Waals surface area contributed by atoms with Crippen LogP contribution in [0.3, 0.4) is 0 Å². The zero-order valence-electron chi connectivity index (χ0n) is 23.0. The van der Waals surface area contributed by atoms with Gasteiger partial charge >= 0.3 is 0 Å². The standard InChI is InChI=1S/C29H33N7O3S/c1-19(2)29-31-21(18-40-29)17-36-24-6-4-5-23(27(24)20(3)33-36)32-28(37)25-16-30-26-15-22(7-8-35(25)26)39-14-11-34-9-12-38-13-10-34/h4-8,15-16,18-19H,9-14,17H2,1-3H3,(H,32,37). The van der Waals surface area contributed by atoms with Crippen LogP contribution in [0.4, 0.5) is 5.69 Å². The Balaban J connectivity index is 1.17. The summed E-state index contributed by atoms with van der Waals surface area (Å²) in [5.74, 6) is 0.886. The molecule has 5 heterocycles. The highest BCUT2D eigenvalue weighted by Gasteiger charge is 2.18. The highest BCUT2D eigenvalue weighted by atomic mass is 32.1. The number of imidazole rings is 1. The zero-order chi connectivity index (χ0) is 27.6. The number of rotatable bonds is 9. The van der Waals surface area contributed by atoms with E-state index in [-0.39, 0.29) is 5.91 Å². The van der Waals surface area contributed by atoms with Gasteiger partial charge < -0.3 is 14.8 Å². The van der Waals surface area contributed by atoms with Crippen LogP contribution in [0.15, 0.2) is 48.1 Å². The average Bonchev–Trinajstić information content (AvgIpc) is 3.67. The summed E-state index contributed by atoms with van der Waals surface area (Å²) in [7, 11) is 0. The molecule has 0 bridgehead atoms. The molecule has 0 atom stereocenters. The number of carbonyl (C=O) groups excluding carboxylic acids is 1. The number of pyridine rings is 1. The van der Waals surface area contributed by atoms with Crippen molar-refractivity contribution in [2.75, 3.05) is 44.8 Å². The molecular formula is C29H33N7O3S. The molecule has 6 rings (SSSR count). The molecule has 5 aromatic rings. The number of carbonyl (C=O) groups is 1. The van der Waals surface area contributed by atoms with Gasteiger partial charge in [-0.25, -0.2) is 9.97 Å². The Labute approximate surface area is 236 Å². The number of thiazole rings is 1. The van der Waals surface area contributed by atoms with Gasteiger partial charge in [0, 0.05) is 48.6 Å². The number of fused-ring (bicyclic) bond motifs is 2. The molecule has 1 fully saturated rings. The quantitative estimate of drug-likeness (QED) is 0.282. The summed E-state index contributed by atoms with van der Waals surface area (Å²) in [4.78, 5) is 24.9. The van der Waals surface area contributed by atoms with Gasteiger partial charge in [-0.3, -0.25) is 18.8 Å². The first-order valence-corrected chi connectivity index (χ1v) is 14.5. The molecule has 1 aliphatic heterocycles. The fourth-order valence-electron chi connectivity index (χ4n) is 4.98. The van der Waals surface area contributed by atoms with Gasteiger partial charge in [-0.2, -0.15) is 5.10 Å². The second-order valence-corrected chi connectivity index (χ2v) is 11.2. The number of aryl methyl sites for hydroxylation is 1. The normalized spacial score (nSPS) is 14.4. The van der Waals surface area contributed by atoms with Crippen LogP contribution in [-0.4, -0.2) is 74.4 Å². The summed E-state index contributed by atoms with van der Waals surface area (Å²) < 4.78 is 15.1. The first-order chi connectivity index (χ1) is 19.5. The van der Waals surface area contributed by atoms with E-state index in [1.165, 1.54) is 0 Å². The molecule has 1 aliphatic rings. The van der Waals surface area contributed by atoms with Crippen LogP contribution in [0.25, 0.3) is 16.6 Å². The monoisotopic (exact) mass is 559 g/mol. The predicted octanol–water partition coefficient (Wildman–Crippen LogP) is 4.58. The molecule has 0 unspecified atom stereocenters. The third-order valence-corrected chi connectivity index (χ3v) is 8.27. The third-order valence-electron chi connectivity index (χ3n) is 7.07. The summed E-state index contributed by atoms with van der Waals surface area (Å²) >= 11 is 1.68.